The van der Waals surface area contributed by atoms with E-state index in [1.807, 2.05) is 42.2 Å². The van der Waals surface area contributed by atoms with Crippen molar-refractivity contribution in [1.29, 1.82) is 0 Å². The summed E-state index contributed by atoms with van der Waals surface area (Å²) in [6, 6.07) is 11.8. The molecule has 0 N–H and O–H groups in total. The standard InChI is InChI=1S/C19H19N5O/c1-14-16(7-4-8-20-14)19(25)24-11-9-23(10-12-24)18-17-6-3-2-5-15(17)13-21-22-18/h2-8,13H,9-12H2,1H3. The van der Waals surface area contributed by atoms with E-state index in [-0.39, 0.29) is 5.91 Å². The van der Waals surface area contributed by atoms with Crippen molar-refractivity contribution in [1.82, 2.24) is 20.1 Å². The third-order valence-corrected chi connectivity index (χ3v) is 4.65. The quantitative estimate of drug-likeness (QED) is 0.720. The largest absolute Gasteiger partial charge is 0.351 e. The highest BCUT2D eigenvalue weighted by Gasteiger charge is 2.24. The molecule has 25 heavy (non-hydrogen) atoms. The zero-order valence-corrected chi connectivity index (χ0v) is 14.1. The highest BCUT2D eigenvalue weighted by Crippen LogP contribution is 2.24. The first-order valence-electron chi connectivity index (χ1n) is 8.40. The molecule has 1 fully saturated rings. The number of anilines is 1. The van der Waals surface area contributed by atoms with E-state index in [0.717, 1.165) is 35.4 Å². The van der Waals surface area contributed by atoms with Gasteiger partial charge >= 0.3 is 0 Å². The first kappa shape index (κ1) is 15.5. The van der Waals surface area contributed by atoms with Gasteiger partial charge in [-0.3, -0.25) is 9.78 Å². The number of piperazine rings is 1. The average molecular weight is 333 g/mol. The lowest BCUT2D eigenvalue weighted by molar-refractivity contribution is 0.0745. The minimum atomic E-state index is 0.0502. The molecule has 1 aliphatic rings. The summed E-state index contributed by atoms with van der Waals surface area (Å²) in [4.78, 5) is 21.0. The van der Waals surface area contributed by atoms with E-state index in [4.69, 9.17) is 0 Å². The Hall–Kier alpha value is -3.02. The molecule has 0 aliphatic carbocycles. The molecule has 3 aromatic rings. The van der Waals surface area contributed by atoms with Crippen LogP contribution in [0.3, 0.4) is 0 Å². The van der Waals surface area contributed by atoms with Crippen molar-refractivity contribution in [3.8, 4) is 0 Å². The first-order valence-corrected chi connectivity index (χ1v) is 8.40. The Balaban J connectivity index is 1.52. The number of aryl methyl sites for hydroxylation is 1. The van der Waals surface area contributed by atoms with E-state index in [9.17, 15) is 4.79 Å². The van der Waals surface area contributed by atoms with E-state index >= 15 is 0 Å². The molecule has 0 unspecified atom stereocenters. The lowest BCUT2D eigenvalue weighted by Gasteiger charge is -2.35. The van der Waals surface area contributed by atoms with Gasteiger partial charge in [-0.15, -0.1) is 5.10 Å². The number of aromatic nitrogens is 3. The van der Waals surface area contributed by atoms with Crippen molar-refractivity contribution < 1.29 is 4.79 Å². The Morgan fingerprint density at radius 3 is 2.64 bits per heavy atom. The van der Waals surface area contributed by atoms with Gasteiger partial charge in [0.1, 0.15) is 0 Å². The summed E-state index contributed by atoms with van der Waals surface area (Å²) in [6.45, 7) is 4.69. The second kappa shape index (κ2) is 6.47. The Morgan fingerprint density at radius 1 is 1.04 bits per heavy atom. The van der Waals surface area contributed by atoms with E-state index in [1.54, 1.807) is 12.4 Å². The highest BCUT2D eigenvalue weighted by atomic mass is 16.2. The van der Waals surface area contributed by atoms with Gasteiger partial charge in [-0.05, 0) is 19.1 Å². The first-order chi connectivity index (χ1) is 12.2. The molecule has 2 aromatic heterocycles. The molecule has 1 aromatic carbocycles. The monoisotopic (exact) mass is 333 g/mol. The fourth-order valence-electron chi connectivity index (χ4n) is 3.25. The van der Waals surface area contributed by atoms with Crippen molar-refractivity contribution in [2.45, 2.75) is 6.92 Å². The summed E-state index contributed by atoms with van der Waals surface area (Å²) in [5.74, 6) is 0.942. The summed E-state index contributed by atoms with van der Waals surface area (Å²) in [5, 5.41) is 10.6. The van der Waals surface area contributed by atoms with Crippen molar-refractivity contribution in [2.75, 3.05) is 31.1 Å². The molecule has 3 heterocycles. The number of rotatable bonds is 2. The summed E-state index contributed by atoms with van der Waals surface area (Å²) in [5.41, 5.74) is 1.45. The summed E-state index contributed by atoms with van der Waals surface area (Å²) in [6.07, 6.45) is 3.49. The molecule has 126 valence electrons. The van der Waals surface area contributed by atoms with Crippen molar-refractivity contribution in [3.63, 3.8) is 0 Å². The third-order valence-electron chi connectivity index (χ3n) is 4.65. The van der Waals surface area contributed by atoms with Gasteiger partial charge in [-0.2, -0.15) is 5.10 Å². The molecule has 6 heteroatoms. The van der Waals surface area contributed by atoms with Crippen LogP contribution in [0, 0.1) is 6.92 Å². The van der Waals surface area contributed by atoms with Gasteiger partial charge < -0.3 is 9.80 Å². The Bertz CT molecular complexity index is 913. The van der Waals surface area contributed by atoms with E-state index in [2.05, 4.69) is 26.1 Å². The lowest BCUT2D eigenvalue weighted by Crippen LogP contribution is -2.49. The molecule has 0 spiro atoms. The predicted octanol–water partition coefficient (Wildman–Crippen LogP) is 2.30. The van der Waals surface area contributed by atoms with Gasteiger partial charge in [0.2, 0.25) is 0 Å². The summed E-state index contributed by atoms with van der Waals surface area (Å²) in [7, 11) is 0. The third kappa shape index (κ3) is 2.91. The van der Waals surface area contributed by atoms with Crippen LogP contribution in [-0.2, 0) is 0 Å². The molecule has 1 aliphatic heterocycles. The summed E-state index contributed by atoms with van der Waals surface area (Å²) < 4.78 is 0. The van der Waals surface area contributed by atoms with Crippen LogP contribution in [-0.4, -0.2) is 52.2 Å². The van der Waals surface area contributed by atoms with Crippen LogP contribution in [0.1, 0.15) is 16.1 Å². The molecule has 1 saturated heterocycles. The second-order valence-corrected chi connectivity index (χ2v) is 6.17. The fraction of sp³-hybridized carbons (Fsp3) is 0.263. The molecule has 1 amide bonds. The Kier molecular flexibility index (Phi) is 4.01. The van der Waals surface area contributed by atoms with Gasteiger partial charge in [0.25, 0.3) is 5.91 Å². The van der Waals surface area contributed by atoms with E-state index in [1.165, 1.54) is 0 Å². The molecule has 0 atom stereocenters. The van der Waals surface area contributed by atoms with Gasteiger partial charge in [0.15, 0.2) is 5.82 Å². The summed E-state index contributed by atoms with van der Waals surface area (Å²) >= 11 is 0. The predicted molar refractivity (Wildman–Crippen MR) is 96.6 cm³/mol. The smallest absolute Gasteiger partial charge is 0.255 e. The fourth-order valence-corrected chi connectivity index (χ4v) is 3.25. The number of fused-ring (bicyclic) bond motifs is 1. The molecule has 6 nitrogen and oxygen atoms in total. The zero-order chi connectivity index (χ0) is 17.2. The number of carbonyl (C=O) groups is 1. The van der Waals surface area contributed by atoms with Gasteiger partial charge in [-0.1, -0.05) is 24.3 Å². The van der Waals surface area contributed by atoms with Crippen molar-refractivity contribution in [2.24, 2.45) is 0 Å². The second-order valence-electron chi connectivity index (χ2n) is 6.17. The number of carbonyl (C=O) groups excluding carboxylic acids is 1. The van der Waals surface area contributed by atoms with Crippen LogP contribution in [0.15, 0.2) is 48.8 Å². The Labute approximate surface area is 146 Å². The van der Waals surface area contributed by atoms with Crippen LogP contribution in [0.5, 0.6) is 0 Å². The molecule has 0 bridgehead atoms. The molecular weight excluding hydrogens is 314 g/mol. The minimum Gasteiger partial charge on any atom is -0.351 e. The van der Waals surface area contributed by atoms with Crippen LogP contribution < -0.4 is 4.90 Å². The maximum absolute atomic E-state index is 12.7. The minimum absolute atomic E-state index is 0.0502. The number of pyridine rings is 1. The molecule has 4 rings (SSSR count). The van der Waals surface area contributed by atoms with Gasteiger partial charge in [0.05, 0.1) is 11.8 Å². The number of benzene rings is 1. The maximum Gasteiger partial charge on any atom is 0.255 e. The maximum atomic E-state index is 12.7. The normalized spacial score (nSPS) is 14.8. The van der Waals surface area contributed by atoms with Crippen molar-refractivity contribution in [3.05, 3.63) is 60.0 Å². The average Bonchev–Trinajstić information content (AvgIpc) is 2.67. The molecular formula is C19H19N5O. The van der Waals surface area contributed by atoms with Crippen LogP contribution >= 0.6 is 0 Å². The number of hydrogen-bond donors (Lipinski definition) is 0. The van der Waals surface area contributed by atoms with Crippen LogP contribution in [0.4, 0.5) is 5.82 Å². The number of hydrogen-bond acceptors (Lipinski definition) is 5. The SMILES string of the molecule is Cc1ncccc1C(=O)N1CCN(c2nncc3ccccc23)CC1. The van der Waals surface area contributed by atoms with Crippen LogP contribution in [0.2, 0.25) is 0 Å². The topological polar surface area (TPSA) is 62.2 Å². The van der Waals surface area contributed by atoms with Gasteiger partial charge in [-0.25, -0.2) is 0 Å². The molecule has 0 saturated carbocycles. The lowest BCUT2D eigenvalue weighted by atomic mass is 10.1. The number of nitrogens with zero attached hydrogens (tertiary/aromatic N) is 5. The Morgan fingerprint density at radius 2 is 1.84 bits per heavy atom. The zero-order valence-electron chi connectivity index (χ0n) is 14.1. The number of amides is 1. The van der Waals surface area contributed by atoms with Crippen LogP contribution in [0.25, 0.3) is 10.8 Å². The highest BCUT2D eigenvalue weighted by molar-refractivity contribution is 5.95. The van der Waals surface area contributed by atoms with E-state index in [0.29, 0.717) is 18.7 Å². The van der Waals surface area contributed by atoms with Gasteiger partial charge in [0, 0.05) is 48.8 Å². The van der Waals surface area contributed by atoms with Crippen molar-refractivity contribution >= 4 is 22.5 Å². The van der Waals surface area contributed by atoms with E-state index < -0.39 is 0 Å². The molecule has 0 radical (unpaired) electrons.